The highest BCUT2D eigenvalue weighted by atomic mass is 32.1. The van der Waals surface area contributed by atoms with E-state index in [1.807, 2.05) is 29.7 Å². The van der Waals surface area contributed by atoms with Gasteiger partial charge in [0.2, 0.25) is 0 Å². The molecule has 38 heavy (non-hydrogen) atoms. The molecule has 0 fully saturated rings. The molecular formula is C22H22F6N4O5S. The average Bonchev–Trinajstić information content (AvgIpc) is 3.47. The predicted molar refractivity (Wildman–Crippen MR) is 121 cm³/mol. The van der Waals surface area contributed by atoms with Crippen molar-refractivity contribution in [1.29, 1.82) is 0 Å². The van der Waals surface area contributed by atoms with Crippen LogP contribution in [-0.2, 0) is 29.2 Å². The Hall–Kier alpha value is -3.66. The number of imidazole rings is 1. The topological polar surface area (TPSA) is 118 Å². The second-order valence-corrected chi connectivity index (χ2v) is 8.75. The van der Waals surface area contributed by atoms with E-state index in [9.17, 15) is 26.3 Å². The fourth-order valence-electron chi connectivity index (χ4n) is 3.12. The monoisotopic (exact) mass is 568 g/mol. The van der Waals surface area contributed by atoms with Crippen LogP contribution in [0.1, 0.15) is 10.7 Å². The Kier molecular flexibility index (Phi) is 11.1. The molecule has 1 unspecified atom stereocenters. The normalized spacial score (nSPS) is 15.6. The number of ether oxygens (including phenoxy) is 1. The number of hydrogen-bond donors (Lipinski definition) is 2. The molecule has 1 atom stereocenters. The molecule has 9 nitrogen and oxygen atoms in total. The van der Waals surface area contributed by atoms with Gasteiger partial charge in [-0.05, 0) is 23.6 Å². The van der Waals surface area contributed by atoms with E-state index >= 15 is 0 Å². The smallest absolute Gasteiger partial charge is 0.490 e. The number of carbonyl (C=O) groups is 2. The fraction of sp³-hybridized carbons (Fsp3) is 0.364. The number of nitrogens with zero attached hydrogens (tertiary/aromatic N) is 4. The highest BCUT2D eigenvalue weighted by molar-refractivity contribution is 7.09. The summed E-state index contributed by atoms with van der Waals surface area (Å²) in [5.41, 5.74) is 0. The van der Waals surface area contributed by atoms with Gasteiger partial charge in [-0.1, -0.05) is 6.07 Å². The maximum atomic E-state index is 10.6. The van der Waals surface area contributed by atoms with Crippen molar-refractivity contribution in [3.63, 3.8) is 0 Å². The fourth-order valence-corrected chi connectivity index (χ4v) is 3.87. The van der Waals surface area contributed by atoms with Gasteiger partial charge >= 0.3 is 24.3 Å². The lowest BCUT2D eigenvalue weighted by molar-refractivity contribution is -0.193. The first kappa shape index (κ1) is 30.6. The van der Waals surface area contributed by atoms with Gasteiger partial charge in [0.25, 0.3) is 0 Å². The molecule has 4 heterocycles. The van der Waals surface area contributed by atoms with E-state index in [0.717, 1.165) is 37.8 Å². The lowest BCUT2D eigenvalue weighted by Gasteiger charge is -2.23. The quantitative estimate of drug-likeness (QED) is 0.437. The predicted octanol–water partition coefficient (Wildman–Crippen LogP) is 4.32. The summed E-state index contributed by atoms with van der Waals surface area (Å²) in [6, 6.07) is 8.17. The SMILES string of the molecule is O=C(O)C(F)(F)F.O=C(O)C(F)(F)F.c1cncc(OCC2CN(Cc3cccs3)Cc3nccn3C2)c1. The number of carboxylic acids is 2. The van der Waals surface area contributed by atoms with E-state index in [1.54, 1.807) is 12.4 Å². The van der Waals surface area contributed by atoms with Crippen molar-refractivity contribution in [2.45, 2.75) is 32.0 Å². The van der Waals surface area contributed by atoms with Crippen LogP contribution in [0.2, 0.25) is 0 Å². The van der Waals surface area contributed by atoms with Crippen molar-refractivity contribution >= 4 is 23.3 Å². The first-order chi connectivity index (χ1) is 17.8. The maximum absolute atomic E-state index is 10.6. The van der Waals surface area contributed by atoms with Crippen LogP contribution in [0.15, 0.2) is 54.4 Å². The highest BCUT2D eigenvalue weighted by Crippen LogP contribution is 2.21. The summed E-state index contributed by atoms with van der Waals surface area (Å²) in [5, 5.41) is 16.4. The number of pyridine rings is 1. The van der Waals surface area contributed by atoms with Gasteiger partial charge < -0.3 is 19.5 Å². The third kappa shape index (κ3) is 10.8. The van der Waals surface area contributed by atoms with Crippen LogP contribution in [0.25, 0.3) is 0 Å². The van der Waals surface area contributed by atoms with Gasteiger partial charge in [-0.3, -0.25) is 9.88 Å². The van der Waals surface area contributed by atoms with Gasteiger partial charge in [-0.25, -0.2) is 14.6 Å². The largest absolute Gasteiger partial charge is 0.492 e. The van der Waals surface area contributed by atoms with Crippen LogP contribution < -0.4 is 4.74 Å². The summed E-state index contributed by atoms with van der Waals surface area (Å²) < 4.78 is 71.7. The summed E-state index contributed by atoms with van der Waals surface area (Å²) in [7, 11) is 0. The van der Waals surface area contributed by atoms with Crippen molar-refractivity contribution in [1.82, 2.24) is 19.4 Å². The zero-order valence-corrected chi connectivity index (χ0v) is 20.2. The number of aliphatic carboxylic acids is 2. The van der Waals surface area contributed by atoms with Gasteiger partial charge in [-0.2, -0.15) is 26.3 Å². The Balaban J connectivity index is 0.000000301. The molecule has 0 radical (unpaired) electrons. The van der Waals surface area contributed by atoms with E-state index in [4.69, 9.17) is 24.5 Å². The Bertz CT molecular complexity index is 1120. The molecule has 1 aliphatic heterocycles. The molecule has 3 aromatic heterocycles. The minimum absolute atomic E-state index is 0.417. The summed E-state index contributed by atoms with van der Waals surface area (Å²) >= 11 is 1.81. The molecule has 0 saturated carbocycles. The second-order valence-electron chi connectivity index (χ2n) is 7.72. The summed E-state index contributed by atoms with van der Waals surface area (Å²) in [4.78, 5) is 30.3. The molecule has 0 aliphatic carbocycles. The Morgan fingerprint density at radius 3 is 2.21 bits per heavy atom. The molecule has 2 N–H and O–H groups in total. The first-order valence-corrected chi connectivity index (χ1v) is 11.5. The third-order valence-corrected chi connectivity index (χ3v) is 5.56. The third-order valence-electron chi connectivity index (χ3n) is 4.70. The van der Waals surface area contributed by atoms with Crippen LogP contribution in [0.3, 0.4) is 0 Å². The number of hydrogen-bond acceptors (Lipinski definition) is 7. The summed E-state index contributed by atoms with van der Waals surface area (Å²) in [5.74, 6) is -3.13. The van der Waals surface area contributed by atoms with Crippen molar-refractivity contribution in [2.75, 3.05) is 13.2 Å². The van der Waals surface area contributed by atoms with E-state index < -0.39 is 24.3 Å². The van der Waals surface area contributed by atoms with E-state index in [2.05, 4.69) is 43.1 Å². The van der Waals surface area contributed by atoms with Crippen LogP contribution in [-0.4, -0.2) is 67.1 Å². The number of alkyl halides is 6. The lowest BCUT2D eigenvalue weighted by atomic mass is 10.1. The van der Waals surface area contributed by atoms with Crippen molar-refractivity contribution in [3.05, 3.63) is 65.1 Å². The van der Waals surface area contributed by atoms with Gasteiger partial charge in [-0.15, -0.1) is 11.3 Å². The van der Waals surface area contributed by atoms with Crippen molar-refractivity contribution < 1.29 is 50.9 Å². The van der Waals surface area contributed by atoms with Crippen LogP contribution in [0.5, 0.6) is 5.75 Å². The number of fused-ring (bicyclic) bond motifs is 1. The standard InChI is InChI=1S/C18H20N4OS.2C2HF3O2/c1-3-16(9-19-5-1)23-14-15-10-21(12-17-4-2-8-24-17)13-18-20-6-7-22(18)11-15;2*3-2(4,5)1(6)7/h1-9,15H,10-14H2;2*(H,6,7). The molecule has 0 saturated heterocycles. The molecule has 4 rings (SSSR count). The zero-order valence-electron chi connectivity index (χ0n) is 19.4. The molecule has 1 aliphatic rings. The molecular weight excluding hydrogens is 546 g/mol. The second kappa shape index (κ2) is 13.8. The number of thiophene rings is 1. The van der Waals surface area contributed by atoms with Gasteiger partial charge in [0.15, 0.2) is 0 Å². The first-order valence-electron chi connectivity index (χ1n) is 10.6. The Morgan fingerprint density at radius 1 is 1.03 bits per heavy atom. The Morgan fingerprint density at radius 2 is 1.68 bits per heavy atom. The molecule has 208 valence electrons. The van der Waals surface area contributed by atoms with E-state index in [1.165, 1.54) is 4.88 Å². The summed E-state index contributed by atoms with van der Waals surface area (Å²) in [6.07, 6.45) is -2.67. The number of carboxylic acid groups (broad SMARTS) is 2. The van der Waals surface area contributed by atoms with Gasteiger partial charge in [0, 0.05) is 49.0 Å². The van der Waals surface area contributed by atoms with Crippen LogP contribution in [0.4, 0.5) is 26.3 Å². The molecule has 0 spiro atoms. The van der Waals surface area contributed by atoms with Crippen molar-refractivity contribution in [2.24, 2.45) is 5.92 Å². The van der Waals surface area contributed by atoms with Crippen molar-refractivity contribution in [3.8, 4) is 5.75 Å². The average molecular weight is 568 g/mol. The Labute approximate surface area is 215 Å². The maximum Gasteiger partial charge on any atom is 0.490 e. The minimum Gasteiger partial charge on any atom is -0.492 e. The van der Waals surface area contributed by atoms with E-state index in [-0.39, 0.29) is 0 Å². The molecule has 0 aromatic carbocycles. The number of aromatic nitrogens is 3. The van der Waals surface area contributed by atoms with E-state index in [0.29, 0.717) is 12.5 Å². The lowest BCUT2D eigenvalue weighted by Crippen LogP contribution is -2.30. The van der Waals surface area contributed by atoms with Gasteiger partial charge in [0.1, 0.15) is 11.6 Å². The van der Waals surface area contributed by atoms with Crippen LogP contribution >= 0.6 is 11.3 Å². The molecule has 16 heteroatoms. The summed E-state index contributed by atoms with van der Waals surface area (Å²) in [6.45, 7) is 4.48. The zero-order chi connectivity index (χ0) is 28.3. The highest BCUT2D eigenvalue weighted by Gasteiger charge is 2.38. The number of rotatable bonds is 5. The molecule has 0 amide bonds. The molecule has 3 aromatic rings. The minimum atomic E-state index is -5.08. The number of halogens is 6. The van der Waals surface area contributed by atoms with Gasteiger partial charge in [0.05, 0.1) is 19.3 Å². The molecule has 0 bridgehead atoms. The van der Waals surface area contributed by atoms with Crippen LogP contribution in [0, 0.1) is 5.92 Å².